The monoisotopic (exact) mass is 474 g/mol. The number of carbonyl (C=O) groups excluding carboxylic acids is 2. The molecule has 0 fully saturated rings. The molecule has 0 radical (unpaired) electrons. The van der Waals surface area contributed by atoms with Crippen molar-refractivity contribution in [3.05, 3.63) is 95.6 Å². The standard InChI is InChI=1S/C27H26N2O6/c30-15-24(26(32)33)28-25(31)14-23(17-8-2-1-3-9-17)29-27(34)35-16-22-20-12-6-4-10-18(20)19-11-5-7-13-21(19)22/h1-13,22-24,30H,14-16H2,(H,28,31)(H,29,34)(H,32,33). The molecule has 0 saturated heterocycles. The Morgan fingerprint density at radius 1 is 0.829 bits per heavy atom. The van der Waals surface area contributed by atoms with E-state index in [0.717, 1.165) is 22.3 Å². The minimum Gasteiger partial charge on any atom is -0.480 e. The Balaban J connectivity index is 1.44. The van der Waals surface area contributed by atoms with E-state index in [4.69, 9.17) is 14.9 Å². The number of fused-ring (bicyclic) bond motifs is 3. The molecule has 0 saturated carbocycles. The molecule has 2 amide bonds. The maximum atomic E-state index is 12.8. The van der Waals surface area contributed by atoms with Crippen LogP contribution in [0, 0.1) is 0 Å². The third-order valence-electron chi connectivity index (χ3n) is 6.04. The molecule has 0 aromatic heterocycles. The molecule has 1 aliphatic rings. The lowest BCUT2D eigenvalue weighted by molar-refractivity contribution is -0.143. The van der Waals surface area contributed by atoms with Crippen molar-refractivity contribution in [1.29, 1.82) is 0 Å². The second kappa shape index (κ2) is 10.8. The smallest absolute Gasteiger partial charge is 0.407 e. The van der Waals surface area contributed by atoms with E-state index < -0.39 is 36.7 Å². The maximum absolute atomic E-state index is 12.8. The van der Waals surface area contributed by atoms with E-state index in [-0.39, 0.29) is 18.9 Å². The Labute approximate surface area is 202 Å². The quantitative estimate of drug-likeness (QED) is 0.377. The molecule has 4 N–H and O–H groups in total. The largest absolute Gasteiger partial charge is 0.480 e. The van der Waals surface area contributed by atoms with Crippen LogP contribution < -0.4 is 10.6 Å². The molecule has 8 nitrogen and oxygen atoms in total. The number of carboxylic acids is 1. The number of ether oxygens (including phenoxy) is 1. The Hall–Kier alpha value is -4.17. The van der Waals surface area contributed by atoms with E-state index in [1.807, 2.05) is 36.4 Å². The van der Waals surface area contributed by atoms with Crippen LogP contribution in [0.15, 0.2) is 78.9 Å². The van der Waals surface area contributed by atoms with Crippen LogP contribution in [0.5, 0.6) is 0 Å². The van der Waals surface area contributed by atoms with Crippen molar-refractivity contribution < 1.29 is 29.3 Å². The van der Waals surface area contributed by atoms with Crippen LogP contribution in [0.2, 0.25) is 0 Å². The minimum absolute atomic E-state index is 0.104. The molecule has 4 rings (SSSR count). The van der Waals surface area contributed by atoms with Crippen LogP contribution in [0.4, 0.5) is 4.79 Å². The topological polar surface area (TPSA) is 125 Å². The summed E-state index contributed by atoms with van der Waals surface area (Å²) in [6, 6.07) is 22.7. The fourth-order valence-corrected chi connectivity index (χ4v) is 4.34. The molecule has 1 aliphatic carbocycles. The summed E-state index contributed by atoms with van der Waals surface area (Å²) in [5.74, 6) is -2.08. The number of rotatable bonds is 9. The molecule has 2 atom stereocenters. The van der Waals surface area contributed by atoms with E-state index in [2.05, 4.69) is 22.8 Å². The fraction of sp³-hybridized carbons (Fsp3) is 0.222. The van der Waals surface area contributed by atoms with Crippen LogP contribution in [0.1, 0.15) is 35.1 Å². The lowest BCUT2D eigenvalue weighted by Crippen LogP contribution is -2.44. The summed E-state index contributed by atoms with van der Waals surface area (Å²) in [5.41, 5.74) is 5.07. The zero-order valence-electron chi connectivity index (χ0n) is 18.9. The molecule has 180 valence electrons. The van der Waals surface area contributed by atoms with Crippen LogP contribution >= 0.6 is 0 Å². The summed E-state index contributed by atoms with van der Waals surface area (Å²) in [4.78, 5) is 36.3. The van der Waals surface area contributed by atoms with Crippen LogP contribution in [0.25, 0.3) is 11.1 Å². The zero-order valence-corrected chi connectivity index (χ0v) is 18.9. The number of aliphatic carboxylic acids is 1. The second-order valence-electron chi connectivity index (χ2n) is 8.28. The minimum atomic E-state index is -1.42. The molecule has 0 bridgehead atoms. The van der Waals surface area contributed by atoms with E-state index in [9.17, 15) is 14.4 Å². The number of hydrogen-bond acceptors (Lipinski definition) is 5. The number of carboxylic acid groups (broad SMARTS) is 1. The molecular weight excluding hydrogens is 448 g/mol. The number of aliphatic hydroxyl groups is 1. The van der Waals surface area contributed by atoms with Crippen LogP contribution in [-0.4, -0.2) is 47.4 Å². The number of amides is 2. The van der Waals surface area contributed by atoms with Crippen molar-refractivity contribution in [2.75, 3.05) is 13.2 Å². The number of aliphatic hydroxyl groups excluding tert-OH is 1. The highest BCUT2D eigenvalue weighted by Gasteiger charge is 2.30. The van der Waals surface area contributed by atoms with Gasteiger partial charge >= 0.3 is 12.1 Å². The van der Waals surface area contributed by atoms with Crippen LogP contribution in [0.3, 0.4) is 0 Å². The first-order chi connectivity index (χ1) is 17.0. The summed E-state index contributed by atoms with van der Waals surface area (Å²) in [7, 11) is 0. The number of benzene rings is 3. The van der Waals surface area contributed by atoms with Gasteiger partial charge in [-0.25, -0.2) is 9.59 Å². The molecule has 2 unspecified atom stereocenters. The Bertz CT molecular complexity index is 1170. The molecule has 0 heterocycles. The summed E-state index contributed by atoms with van der Waals surface area (Å²) in [5, 5.41) is 23.2. The van der Waals surface area contributed by atoms with Gasteiger partial charge in [0.1, 0.15) is 12.6 Å². The Kier molecular flexibility index (Phi) is 7.42. The number of carbonyl (C=O) groups is 3. The van der Waals surface area contributed by atoms with E-state index >= 15 is 0 Å². The van der Waals surface area contributed by atoms with E-state index in [0.29, 0.717) is 5.56 Å². The molecule has 0 aliphatic heterocycles. The lowest BCUT2D eigenvalue weighted by Gasteiger charge is -2.21. The van der Waals surface area contributed by atoms with Crippen molar-refractivity contribution in [3.63, 3.8) is 0 Å². The predicted octanol–water partition coefficient (Wildman–Crippen LogP) is 3.22. The first kappa shape index (κ1) is 24.0. The highest BCUT2D eigenvalue weighted by atomic mass is 16.5. The van der Waals surface area contributed by atoms with Crippen molar-refractivity contribution in [3.8, 4) is 11.1 Å². The average Bonchev–Trinajstić information content (AvgIpc) is 3.19. The molecule has 3 aromatic carbocycles. The van der Waals surface area contributed by atoms with Crippen LogP contribution in [-0.2, 0) is 14.3 Å². The summed E-state index contributed by atoms with van der Waals surface area (Å²) in [6.45, 7) is -0.615. The summed E-state index contributed by atoms with van der Waals surface area (Å²) < 4.78 is 5.60. The van der Waals surface area contributed by atoms with Crippen molar-refractivity contribution in [2.45, 2.75) is 24.4 Å². The second-order valence-corrected chi connectivity index (χ2v) is 8.28. The van der Waals surface area contributed by atoms with Crippen molar-refractivity contribution in [2.24, 2.45) is 0 Å². The normalized spacial score (nSPS) is 13.7. The first-order valence-corrected chi connectivity index (χ1v) is 11.3. The summed E-state index contributed by atoms with van der Waals surface area (Å²) in [6.07, 6.45) is -0.914. The van der Waals surface area contributed by atoms with Gasteiger partial charge in [-0.05, 0) is 27.8 Å². The number of hydrogen-bond donors (Lipinski definition) is 4. The Morgan fingerprint density at radius 3 is 1.97 bits per heavy atom. The van der Waals surface area contributed by atoms with Gasteiger partial charge in [0.05, 0.1) is 19.1 Å². The van der Waals surface area contributed by atoms with Gasteiger partial charge in [-0.1, -0.05) is 78.9 Å². The lowest BCUT2D eigenvalue weighted by atomic mass is 9.98. The molecule has 0 spiro atoms. The van der Waals surface area contributed by atoms with Crippen molar-refractivity contribution >= 4 is 18.0 Å². The van der Waals surface area contributed by atoms with Gasteiger partial charge in [0, 0.05) is 5.92 Å². The number of nitrogens with one attached hydrogen (secondary N) is 2. The molecule has 35 heavy (non-hydrogen) atoms. The van der Waals surface area contributed by atoms with Crippen molar-refractivity contribution in [1.82, 2.24) is 10.6 Å². The summed E-state index contributed by atoms with van der Waals surface area (Å²) >= 11 is 0. The zero-order chi connectivity index (χ0) is 24.8. The molecular formula is C27H26N2O6. The van der Waals surface area contributed by atoms with E-state index in [1.165, 1.54) is 0 Å². The third kappa shape index (κ3) is 5.50. The third-order valence-corrected chi connectivity index (χ3v) is 6.04. The Morgan fingerprint density at radius 2 is 1.40 bits per heavy atom. The predicted molar refractivity (Wildman–Crippen MR) is 129 cm³/mol. The van der Waals surface area contributed by atoms with Gasteiger partial charge in [0.25, 0.3) is 0 Å². The van der Waals surface area contributed by atoms with Gasteiger partial charge in [-0.3, -0.25) is 4.79 Å². The van der Waals surface area contributed by atoms with Gasteiger partial charge in [-0.15, -0.1) is 0 Å². The first-order valence-electron chi connectivity index (χ1n) is 11.3. The van der Waals surface area contributed by atoms with Gasteiger partial charge < -0.3 is 25.6 Å². The van der Waals surface area contributed by atoms with Gasteiger partial charge in [0.15, 0.2) is 0 Å². The molecule has 3 aromatic rings. The number of alkyl carbamates (subject to hydrolysis) is 1. The average molecular weight is 475 g/mol. The van der Waals surface area contributed by atoms with Gasteiger partial charge in [0.2, 0.25) is 5.91 Å². The SMILES string of the molecule is O=C(CC(NC(=O)OCC1c2ccccc2-c2ccccc21)c1ccccc1)NC(CO)C(=O)O. The van der Waals surface area contributed by atoms with Gasteiger partial charge in [-0.2, -0.15) is 0 Å². The highest BCUT2D eigenvalue weighted by Crippen LogP contribution is 2.44. The fourth-order valence-electron chi connectivity index (χ4n) is 4.34. The van der Waals surface area contributed by atoms with E-state index in [1.54, 1.807) is 30.3 Å². The highest BCUT2D eigenvalue weighted by molar-refractivity contribution is 5.84. The maximum Gasteiger partial charge on any atom is 0.407 e. The molecule has 8 heteroatoms.